The molecule has 0 fully saturated rings. The molecule has 40 heavy (non-hydrogen) atoms. The van der Waals surface area contributed by atoms with E-state index in [1.165, 1.54) is 6.08 Å². The molecule has 1 amide bonds. The first-order valence-corrected chi connectivity index (χ1v) is 14.5. The van der Waals surface area contributed by atoms with Crippen molar-refractivity contribution in [2.24, 2.45) is 29.6 Å². The standard InChI is InChI=1S/C34H51NO5/c1-10-35-31(36)21-25(5)20-28(8)34(39)29(9)33(38)27(7)19-23(3)13-11-12-22(2)18-24(4)14-16-30-26(6)15-17-32(37)40-30/h11,13-19,21-22,26-30,34,39H,10,12,20H2,1-9H3,(H,35,36)/t22-,26+,27-,28+,29-,30+,34-/m1/s1. The molecular weight excluding hydrogens is 502 g/mol. The molecule has 7 atom stereocenters. The average molecular weight is 554 g/mol. The van der Waals surface area contributed by atoms with Crippen molar-refractivity contribution < 1.29 is 24.2 Å². The number of carbonyl (C=O) groups excluding carboxylic acids is 3. The number of nitrogens with one attached hydrogen (secondary N) is 1. The van der Waals surface area contributed by atoms with Crippen molar-refractivity contribution in [3.05, 3.63) is 71.4 Å². The highest BCUT2D eigenvalue weighted by Gasteiger charge is 2.29. The van der Waals surface area contributed by atoms with Crippen LogP contribution < -0.4 is 5.32 Å². The SMILES string of the molecule is CCNC(=O)C=C(C)C[C@H](C)[C@@H](O)[C@H](C)C(=O)[C@H](C)C=C(C)C=CC[C@@H](C)C=C(C)C=C[C@@H]1OC(=O)C=C[C@@H]1C. The predicted molar refractivity (Wildman–Crippen MR) is 163 cm³/mol. The summed E-state index contributed by atoms with van der Waals surface area (Å²) in [5.41, 5.74) is 3.00. The quantitative estimate of drug-likeness (QED) is 0.138. The molecule has 0 aromatic rings. The van der Waals surface area contributed by atoms with Gasteiger partial charge >= 0.3 is 5.97 Å². The van der Waals surface area contributed by atoms with Crippen molar-refractivity contribution in [2.45, 2.75) is 87.4 Å². The first kappa shape index (κ1) is 35.0. The van der Waals surface area contributed by atoms with Crippen LogP contribution in [0.25, 0.3) is 0 Å². The second-order valence-corrected chi connectivity index (χ2v) is 11.5. The number of likely N-dealkylation sites (N-methyl/N-ethyl adjacent to an activating group) is 1. The van der Waals surface area contributed by atoms with Crippen molar-refractivity contribution in [3.63, 3.8) is 0 Å². The molecule has 0 aromatic heterocycles. The fourth-order valence-electron chi connectivity index (χ4n) is 4.87. The molecule has 0 unspecified atom stereocenters. The number of cyclic esters (lactones) is 1. The van der Waals surface area contributed by atoms with Crippen molar-refractivity contribution in [1.82, 2.24) is 5.32 Å². The van der Waals surface area contributed by atoms with Gasteiger partial charge in [0.15, 0.2) is 0 Å². The van der Waals surface area contributed by atoms with Gasteiger partial charge in [-0.1, -0.05) is 87.8 Å². The number of carbonyl (C=O) groups is 3. The zero-order valence-corrected chi connectivity index (χ0v) is 25.9. The Morgan fingerprint density at radius 1 is 1.07 bits per heavy atom. The minimum absolute atomic E-state index is 0.00428. The van der Waals surface area contributed by atoms with E-state index < -0.39 is 12.0 Å². The summed E-state index contributed by atoms with van der Waals surface area (Å²) in [6.45, 7) is 18.1. The molecule has 6 heteroatoms. The van der Waals surface area contributed by atoms with Gasteiger partial charge in [0.2, 0.25) is 5.91 Å². The van der Waals surface area contributed by atoms with Crippen LogP contribution in [0.2, 0.25) is 0 Å². The second-order valence-electron chi connectivity index (χ2n) is 11.5. The van der Waals surface area contributed by atoms with Crippen molar-refractivity contribution in [3.8, 4) is 0 Å². The molecule has 1 heterocycles. The largest absolute Gasteiger partial charge is 0.454 e. The van der Waals surface area contributed by atoms with Crippen LogP contribution in [0.3, 0.4) is 0 Å². The molecule has 222 valence electrons. The van der Waals surface area contributed by atoms with Crippen LogP contribution in [0.5, 0.6) is 0 Å². The maximum Gasteiger partial charge on any atom is 0.331 e. The van der Waals surface area contributed by atoms with Crippen molar-refractivity contribution in [1.29, 1.82) is 0 Å². The van der Waals surface area contributed by atoms with Gasteiger partial charge in [-0.15, -0.1) is 0 Å². The normalized spacial score (nSPS) is 22.6. The Kier molecular flexibility index (Phi) is 15.5. The molecule has 0 bridgehead atoms. The van der Waals surface area contributed by atoms with E-state index in [2.05, 4.69) is 24.4 Å². The van der Waals surface area contributed by atoms with Gasteiger partial charge in [-0.3, -0.25) is 9.59 Å². The number of esters is 1. The van der Waals surface area contributed by atoms with Gasteiger partial charge in [-0.25, -0.2) is 4.79 Å². The molecular formula is C34H51NO5. The van der Waals surface area contributed by atoms with Crippen molar-refractivity contribution in [2.75, 3.05) is 6.54 Å². The summed E-state index contributed by atoms with van der Waals surface area (Å²) < 4.78 is 5.36. The maximum absolute atomic E-state index is 13.0. The summed E-state index contributed by atoms with van der Waals surface area (Å²) in [4.78, 5) is 36.3. The van der Waals surface area contributed by atoms with E-state index >= 15 is 0 Å². The number of hydrogen-bond donors (Lipinski definition) is 2. The summed E-state index contributed by atoms with van der Waals surface area (Å²) in [6, 6.07) is 0. The van der Waals surface area contributed by atoms with E-state index in [9.17, 15) is 19.5 Å². The zero-order valence-electron chi connectivity index (χ0n) is 25.9. The lowest BCUT2D eigenvalue weighted by atomic mass is 9.83. The number of allylic oxidation sites excluding steroid dienone is 8. The Balaban J connectivity index is 2.63. The number of aliphatic hydroxyl groups is 1. The van der Waals surface area contributed by atoms with Gasteiger partial charge in [0.05, 0.1) is 6.10 Å². The number of hydrogen-bond acceptors (Lipinski definition) is 5. The Morgan fingerprint density at radius 2 is 1.73 bits per heavy atom. The topological polar surface area (TPSA) is 92.7 Å². The first-order valence-electron chi connectivity index (χ1n) is 14.5. The van der Waals surface area contributed by atoms with Crippen LogP contribution in [-0.4, -0.2) is 41.5 Å². The van der Waals surface area contributed by atoms with Gasteiger partial charge in [-0.2, -0.15) is 0 Å². The van der Waals surface area contributed by atoms with Crippen LogP contribution in [-0.2, 0) is 19.1 Å². The molecule has 0 saturated heterocycles. The first-order chi connectivity index (χ1) is 18.7. The Morgan fingerprint density at radius 3 is 2.38 bits per heavy atom. The Hall–Kier alpha value is -2.99. The lowest BCUT2D eigenvalue weighted by molar-refractivity contribution is -0.143. The minimum atomic E-state index is -0.786. The molecule has 0 saturated carbocycles. The minimum Gasteiger partial charge on any atom is -0.454 e. The number of Topliss-reactive ketones (excluding diaryl/α,β-unsaturated/α-hetero) is 1. The molecule has 0 aromatic carbocycles. The van der Waals surface area contributed by atoms with E-state index in [4.69, 9.17) is 4.74 Å². The van der Waals surface area contributed by atoms with E-state index in [1.54, 1.807) is 13.0 Å². The van der Waals surface area contributed by atoms with E-state index in [-0.39, 0.29) is 41.5 Å². The smallest absolute Gasteiger partial charge is 0.331 e. The third kappa shape index (κ3) is 12.9. The van der Waals surface area contributed by atoms with Crippen LogP contribution in [0, 0.1) is 29.6 Å². The molecule has 2 N–H and O–H groups in total. The molecule has 0 spiro atoms. The average Bonchev–Trinajstić information content (AvgIpc) is 2.87. The van der Waals surface area contributed by atoms with Gasteiger partial charge in [0.25, 0.3) is 0 Å². The number of amides is 1. The molecule has 1 aliphatic rings. The highest BCUT2D eigenvalue weighted by molar-refractivity contribution is 5.88. The molecule has 1 aliphatic heterocycles. The van der Waals surface area contributed by atoms with Gasteiger partial charge in [0, 0.05) is 36.5 Å². The zero-order chi connectivity index (χ0) is 30.4. The number of rotatable bonds is 15. The Labute approximate surface area is 242 Å². The fraction of sp³-hybridized carbons (Fsp3) is 0.559. The summed E-state index contributed by atoms with van der Waals surface area (Å²) in [6.07, 6.45) is 17.5. The van der Waals surface area contributed by atoms with Crippen molar-refractivity contribution >= 4 is 17.7 Å². The van der Waals surface area contributed by atoms with Gasteiger partial charge in [-0.05, 0) is 58.4 Å². The second kappa shape index (κ2) is 17.6. The van der Waals surface area contributed by atoms with Crippen LogP contribution in [0.15, 0.2) is 71.4 Å². The maximum atomic E-state index is 13.0. The van der Waals surface area contributed by atoms with E-state index in [0.29, 0.717) is 18.9 Å². The fourth-order valence-corrected chi connectivity index (χ4v) is 4.87. The summed E-state index contributed by atoms with van der Waals surface area (Å²) in [5, 5.41) is 13.6. The lowest BCUT2D eigenvalue weighted by Crippen LogP contribution is -2.34. The van der Waals surface area contributed by atoms with Crippen LogP contribution in [0.1, 0.15) is 75.2 Å². The molecule has 0 radical (unpaired) electrons. The van der Waals surface area contributed by atoms with Crippen LogP contribution >= 0.6 is 0 Å². The predicted octanol–water partition coefficient (Wildman–Crippen LogP) is 6.45. The molecule has 0 aliphatic carbocycles. The molecule has 6 nitrogen and oxygen atoms in total. The lowest BCUT2D eigenvalue weighted by Gasteiger charge is -2.25. The van der Waals surface area contributed by atoms with Gasteiger partial charge < -0.3 is 15.2 Å². The third-order valence-corrected chi connectivity index (χ3v) is 7.17. The Bertz CT molecular complexity index is 1040. The highest BCUT2D eigenvalue weighted by Crippen LogP contribution is 2.24. The van der Waals surface area contributed by atoms with E-state index in [1.807, 2.05) is 78.8 Å². The monoisotopic (exact) mass is 553 g/mol. The third-order valence-electron chi connectivity index (χ3n) is 7.17. The van der Waals surface area contributed by atoms with Crippen LogP contribution in [0.4, 0.5) is 0 Å². The number of ketones is 1. The summed E-state index contributed by atoms with van der Waals surface area (Å²) in [7, 11) is 0. The van der Waals surface area contributed by atoms with E-state index in [0.717, 1.165) is 23.1 Å². The number of ether oxygens (including phenoxy) is 1. The number of aliphatic hydroxyl groups excluding tert-OH is 1. The van der Waals surface area contributed by atoms with Gasteiger partial charge in [0.1, 0.15) is 11.9 Å². The summed E-state index contributed by atoms with van der Waals surface area (Å²) >= 11 is 0. The molecule has 1 rings (SSSR count). The highest BCUT2D eigenvalue weighted by atomic mass is 16.5. The summed E-state index contributed by atoms with van der Waals surface area (Å²) in [5.74, 6) is -0.922.